The van der Waals surface area contributed by atoms with E-state index in [4.69, 9.17) is 9.47 Å². The summed E-state index contributed by atoms with van der Waals surface area (Å²) in [6, 6.07) is 31.3. The summed E-state index contributed by atoms with van der Waals surface area (Å²) in [5, 5.41) is 3.99. The minimum absolute atomic E-state index is 0.377. The molecule has 1 N–H and O–H groups in total. The van der Waals surface area contributed by atoms with Gasteiger partial charge in [0.15, 0.2) is 6.10 Å². The van der Waals surface area contributed by atoms with Gasteiger partial charge in [0.25, 0.3) is 5.91 Å². The molecule has 0 aliphatic carbocycles. The monoisotopic (exact) mass is 542 g/mol. The van der Waals surface area contributed by atoms with Crippen molar-refractivity contribution in [2.45, 2.75) is 13.0 Å². The van der Waals surface area contributed by atoms with Crippen LogP contribution in [-0.4, -0.2) is 24.2 Å². The Balaban J connectivity index is 1.26. The number of benzene rings is 4. The van der Waals surface area contributed by atoms with E-state index in [0.717, 1.165) is 21.2 Å². The Morgan fingerprint density at radius 1 is 0.833 bits per heavy atom. The van der Waals surface area contributed by atoms with E-state index in [1.807, 2.05) is 60.7 Å². The average molecular weight is 543 g/mol. The van der Waals surface area contributed by atoms with Gasteiger partial charge in [-0.3, -0.25) is 4.79 Å². The highest BCUT2D eigenvalue weighted by Gasteiger charge is 2.14. The van der Waals surface area contributed by atoms with Crippen molar-refractivity contribution in [3.63, 3.8) is 0 Å². The summed E-state index contributed by atoms with van der Waals surface area (Å²) in [7, 11) is 0. The van der Waals surface area contributed by atoms with Crippen LogP contribution in [0.3, 0.4) is 0 Å². The second-order valence-electron chi connectivity index (χ2n) is 7.85. The van der Waals surface area contributed by atoms with Crippen molar-refractivity contribution in [1.82, 2.24) is 5.43 Å². The molecule has 0 radical (unpaired) electrons. The Hall–Kier alpha value is -4.23. The number of nitrogens with one attached hydrogen (secondary N) is 1. The summed E-state index contributed by atoms with van der Waals surface area (Å²) in [6.07, 6.45) is 0.767. The molecule has 1 atom stereocenters. The summed E-state index contributed by atoms with van der Waals surface area (Å²) < 4.78 is 11.9. The molecule has 0 heterocycles. The Morgan fingerprint density at radius 3 is 2.19 bits per heavy atom. The molecule has 1 amide bonds. The molecule has 0 saturated heterocycles. The highest BCUT2D eigenvalue weighted by atomic mass is 79.9. The number of halogens is 1. The lowest BCUT2D eigenvalue weighted by atomic mass is 10.1. The predicted octanol–water partition coefficient (Wildman–Crippen LogP) is 6.25. The number of ether oxygens (including phenoxy) is 2. The molecule has 0 aliphatic heterocycles. The number of carbonyl (C=O) groups excluding carboxylic acids is 2. The quantitative estimate of drug-likeness (QED) is 0.123. The third-order valence-corrected chi connectivity index (χ3v) is 5.68. The highest BCUT2D eigenvalue weighted by molar-refractivity contribution is 9.10. The average Bonchev–Trinajstić information content (AvgIpc) is 2.90. The molecule has 0 aromatic heterocycles. The fraction of sp³-hybridized carbons (Fsp3) is 0.0690. The number of nitrogens with zero attached hydrogens (tertiary/aromatic N) is 1. The third kappa shape index (κ3) is 6.90. The molecule has 7 heteroatoms. The second-order valence-corrected chi connectivity index (χ2v) is 8.77. The van der Waals surface area contributed by atoms with Crippen molar-refractivity contribution in [2.24, 2.45) is 5.10 Å². The molecule has 6 nitrogen and oxygen atoms in total. The first kappa shape index (κ1) is 24.9. The second kappa shape index (κ2) is 12.0. The standard InChI is InChI=1S/C29H23BrN2O4/c1-20(35-26-16-12-23(13-17-26)22-6-3-2-4-7-22)28(33)32-31-19-21-10-14-27(15-11-21)36-29(34)24-8-5-9-25(30)18-24/h2-20H,1H3,(H,32,33)/b31-19-/t20-/m0/s1. The van der Waals surface area contributed by atoms with Crippen LogP contribution < -0.4 is 14.9 Å². The van der Waals surface area contributed by atoms with Crippen LogP contribution in [0.5, 0.6) is 11.5 Å². The number of amides is 1. The van der Waals surface area contributed by atoms with Crippen molar-refractivity contribution in [1.29, 1.82) is 0 Å². The van der Waals surface area contributed by atoms with Crippen LogP contribution >= 0.6 is 15.9 Å². The van der Waals surface area contributed by atoms with Gasteiger partial charge in [-0.2, -0.15) is 5.10 Å². The SMILES string of the molecule is C[C@H](Oc1ccc(-c2ccccc2)cc1)C(=O)N/N=C\c1ccc(OC(=O)c2cccc(Br)c2)cc1. The molecular formula is C29H23BrN2O4. The molecule has 36 heavy (non-hydrogen) atoms. The van der Waals surface area contributed by atoms with Gasteiger partial charge in [-0.05, 0) is 78.2 Å². The van der Waals surface area contributed by atoms with Crippen LogP contribution in [0.4, 0.5) is 0 Å². The lowest BCUT2D eigenvalue weighted by Crippen LogP contribution is -2.33. The van der Waals surface area contributed by atoms with Gasteiger partial charge in [-0.1, -0.05) is 64.5 Å². The number of carbonyl (C=O) groups is 2. The summed E-state index contributed by atoms with van der Waals surface area (Å²) in [5.41, 5.74) is 5.83. The fourth-order valence-electron chi connectivity index (χ4n) is 3.28. The van der Waals surface area contributed by atoms with Crippen LogP contribution in [0, 0.1) is 0 Å². The summed E-state index contributed by atoms with van der Waals surface area (Å²) in [4.78, 5) is 24.6. The van der Waals surface area contributed by atoms with Gasteiger partial charge in [-0.25, -0.2) is 10.2 Å². The van der Waals surface area contributed by atoms with Crippen LogP contribution in [-0.2, 0) is 4.79 Å². The Morgan fingerprint density at radius 2 is 1.50 bits per heavy atom. The van der Waals surface area contributed by atoms with Gasteiger partial charge < -0.3 is 9.47 Å². The first-order chi connectivity index (χ1) is 17.5. The maximum absolute atomic E-state index is 12.3. The third-order valence-electron chi connectivity index (χ3n) is 5.18. The molecule has 0 unspecified atom stereocenters. The number of hydrazone groups is 1. The molecule has 0 fully saturated rings. The fourth-order valence-corrected chi connectivity index (χ4v) is 3.68. The van der Waals surface area contributed by atoms with E-state index >= 15 is 0 Å². The van der Waals surface area contributed by atoms with E-state index in [2.05, 4.69) is 26.5 Å². The normalized spacial score (nSPS) is 11.6. The van der Waals surface area contributed by atoms with Gasteiger partial charge in [0, 0.05) is 4.47 Å². The Kier molecular flexibility index (Phi) is 8.26. The minimum atomic E-state index is -0.732. The van der Waals surface area contributed by atoms with E-state index in [1.165, 1.54) is 6.21 Å². The molecule has 0 spiro atoms. The first-order valence-electron chi connectivity index (χ1n) is 11.2. The maximum Gasteiger partial charge on any atom is 0.343 e. The van der Waals surface area contributed by atoms with Gasteiger partial charge in [-0.15, -0.1) is 0 Å². The van der Waals surface area contributed by atoms with Crippen molar-refractivity contribution in [3.05, 3.63) is 119 Å². The van der Waals surface area contributed by atoms with Crippen molar-refractivity contribution < 1.29 is 19.1 Å². The molecule has 4 aromatic carbocycles. The molecule has 4 aromatic rings. The smallest absolute Gasteiger partial charge is 0.343 e. The number of rotatable bonds is 8. The van der Waals surface area contributed by atoms with Crippen molar-refractivity contribution in [2.75, 3.05) is 0 Å². The van der Waals surface area contributed by atoms with Gasteiger partial charge in [0.2, 0.25) is 0 Å². The molecule has 180 valence electrons. The molecule has 0 saturated carbocycles. The van der Waals surface area contributed by atoms with E-state index in [-0.39, 0.29) is 5.91 Å². The Bertz CT molecular complexity index is 1350. The minimum Gasteiger partial charge on any atom is -0.481 e. The maximum atomic E-state index is 12.3. The molecule has 4 rings (SSSR count). The Labute approximate surface area is 217 Å². The van der Waals surface area contributed by atoms with Crippen LogP contribution in [0.15, 0.2) is 113 Å². The summed E-state index contributed by atoms with van der Waals surface area (Å²) in [6.45, 7) is 1.66. The lowest BCUT2D eigenvalue weighted by Gasteiger charge is -2.13. The van der Waals surface area contributed by atoms with Crippen LogP contribution in [0.1, 0.15) is 22.8 Å². The van der Waals surface area contributed by atoms with Gasteiger partial charge in [0.05, 0.1) is 11.8 Å². The van der Waals surface area contributed by atoms with Crippen molar-refractivity contribution >= 4 is 34.0 Å². The number of hydrogen-bond acceptors (Lipinski definition) is 5. The van der Waals surface area contributed by atoms with E-state index in [1.54, 1.807) is 49.4 Å². The topological polar surface area (TPSA) is 77.0 Å². The van der Waals surface area contributed by atoms with E-state index in [0.29, 0.717) is 17.1 Å². The summed E-state index contributed by atoms with van der Waals surface area (Å²) >= 11 is 3.34. The largest absolute Gasteiger partial charge is 0.481 e. The summed E-state index contributed by atoms with van der Waals surface area (Å²) in [5.74, 6) is 0.169. The zero-order chi connectivity index (χ0) is 25.3. The zero-order valence-electron chi connectivity index (χ0n) is 19.4. The zero-order valence-corrected chi connectivity index (χ0v) is 21.0. The predicted molar refractivity (Wildman–Crippen MR) is 143 cm³/mol. The molecule has 0 bridgehead atoms. The highest BCUT2D eigenvalue weighted by Crippen LogP contribution is 2.22. The number of esters is 1. The van der Waals surface area contributed by atoms with E-state index < -0.39 is 12.1 Å². The van der Waals surface area contributed by atoms with E-state index in [9.17, 15) is 9.59 Å². The van der Waals surface area contributed by atoms with Gasteiger partial charge in [0.1, 0.15) is 11.5 Å². The first-order valence-corrected chi connectivity index (χ1v) is 12.0. The van der Waals surface area contributed by atoms with Crippen LogP contribution in [0.25, 0.3) is 11.1 Å². The van der Waals surface area contributed by atoms with Crippen LogP contribution in [0.2, 0.25) is 0 Å². The van der Waals surface area contributed by atoms with Gasteiger partial charge >= 0.3 is 5.97 Å². The van der Waals surface area contributed by atoms with Crippen molar-refractivity contribution in [3.8, 4) is 22.6 Å². The molecule has 0 aliphatic rings. The lowest BCUT2D eigenvalue weighted by molar-refractivity contribution is -0.127. The molecular weight excluding hydrogens is 520 g/mol. The number of hydrogen-bond donors (Lipinski definition) is 1.